The van der Waals surface area contributed by atoms with E-state index in [0.29, 0.717) is 28.3 Å². The van der Waals surface area contributed by atoms with Gasteiger partial charge in [0.25, 0.3) is 5.91 Å². The molecule has 2 aromatic heterocycles. The largest absolute Gasteiger partial charge is 0.496 e. The molecule has 0 atom stereocenters. The summed E-state index contributed by atoms with van der Waals surface area (Å²) in [7, 11) is 1.52. The molecule has 0 spiro atoms. The predicted molar refractivity (Wildman–Crippen MR) is 114 cm³/mol. The Bertz CT molecular complexity index is 1190. The second kappa shape index (κ2) is 8.48. The van der Waals surface area contributed by atoms with Crippen LogP contribution in [0.2, 0.25) is 0 Å². The Morgan fingerprint density at radius 3 is 2.60 bits per heavy atom. The zero-order valence-corrected chi connectivity index (χ0v) is 16.6. The molecule has 1 N–H and O–H groups in total. The number of para-hydroxylation sites is 2. The van der Waals surface area contributed by atoms with Gasteiger partial charge in [0.15, 0.2) is 5.76 Å². The van der Waals surface area contributed by atoms with Crippen LogP contribution in [0.5, 0.6) is 5.75 Å². The van der Waals surface area contributed by atoms with Crippen LogP contribution >= 0.6 is 0 Å². The van der Waals surface area contributed by atoms with E-state index in [1.54, 1.807) is 35.2 Å². The molecule has 7 nitrogen and oxygen atoms in total. The second-order valence-corrected chi connectivity index (χ2v) is 6.52. The Kier molecular flexibility index (Phi) is 5.43. The molecule has 0 fully saturated rings. The van der Waals surface area contributed by atoms with Crippen molar-refractivity contribution in [2.45, 2.75) is 6.92 Å². The molecule has 0 unspecified atom stereocenters. The molecule has 2 aromatic carbocycles. The quantitative estimate of drug-likeness (QED) is 0.388. The molecule has 7 heteroatoms. The van der Waals surface area contributed by atoms with E-state index in [2.05, 4.69) is 15.6 Å². The number of hydrogen-bond acceptors (Lipinski definition) is 5. The molecule has 1 amide bonds. The number of furan rings is 1. The molecule has 150 valence electrons. The lowest BCUT2D eigenvalue weighted by atomic mass is 10.2. The zero-order valence-electron chi connectivity index (χ0n) is 16.6. The smallest absolute Gasteiger partial charge is 0.275 e. The lowest BCUT2D eigenvalue weighted by Crippen LogP contribution is -2.18. The topological polar surface area (TPSA) is 81.6 Å². The van der Waals surface area contributed by atoms with E-state index >= 15 is 0 Å². The third-order valence-corrected chi connectivity index (χ3v) is 4.46. The van der Waals surface area contributed by atoms with Crippen LogP contribution in [-0.2, 0) is 0 Å². The summed E-state index contributed by atoms with van der Waals surface area (Å²) in [5.74, 6) is 1.52. The molecule has 0 aliphatic carbocycles. The van der Waals surface area contributed by atoms with Gasteiger partial charge in [-0.05, 0) is 43.3 Å². The first-order valence-corrected chi connectivity index (χ1v) is 9.34. The Morgan fingerprint density at radius 2 is 1.87 bits per heavy atom. The minimum Gasteiger partial charge on any atom is -0.496 e. The highest BCUT2D eigenvalue weighted by Crippen LogP contribution is 2.24. The summed E-state index contributed by atoms with van der Waals surface area (Å²) in [4.78, 5) is 12.5. The van der Waals surface area contributed by atoms with E-state index < -0.39 is 0 Å². The zero-order chi connectivity index (χ0) is 20.9. The minimum absolute atomic E-state index is 0.366. The van der Waals surface area contributed by atoms with Crippen LogP contribution in [0.25, 0.3) is 17.1 Å². The molecule has 0 saturated carbocycles. The summed E-state index contributed by atoms with van der Waals surface area (Å²) in [6, 6.07) is 20.4. The van der Waals surface area contributed by atoms with Crippen LogP contribution in [0.15, 0.2) is 82.4 Å². The number of carbonyl (C=O) groups excluding carboxylic acids is 1. The Balaban J connectivity index is 1.62. The van der Waals surface area contributed by atoms with Gasteiger partial charge in [0.2, 0.25) is 0 Å². The van der Waals surface area contributed by atoms with Gasteiger partial charge in [-0.15, -0.1) is 0 Å². The number of carbonyl (C=O) groups is 1. The third kappa shape index (κ3) is 4.00. The number of nitrogens with zero attached hydrogens (tertiary/aromatic N) is 3. The van der Waals surface area contributed by atoms with Crippen molar-refractivity contribution < 1.29 is 13.9 Å². The van der Waals surface area contributed by atoms with Crippen molar-refractivity contribution in [1.82, 2.24) is 15.2 Å². The van der Waals surface area contributed by atoms with Gasteiger partial charge in [-0.25, -0.2) is 10.1 Å². The lowest BCUT2D eigenvalue weighted by Gasteiger charge is -2.05. The molecule has 0 aliphatic heterocycles. The normalized spacial score (nSPS) is 11.0. The van der Waals surface area contributed by atoms with E-state index in [1.807, 2.05) is 55.6 Å². The maximum Gasteiger partial charge on any atom is 0.275 e. The number of methoxy groups -OCH3 is 1. The molecule has 4 aromatic rings. The molecular weight excluding hydrogens is 380 g/mol. The second-order valence-electron chi connectivity index (χ2n) is 6.52. The van der Waals surface area contributed by atoms with E-state index in [1.165, 1.54) is 7.11 Å². The maximum absolute atomic E-state index is 12.5. The van der Waals surface area contributed by atoms with Gasteiger partial charge in [-0.3, -0.25) is 4.79 Å². The summed E-state index contributed by atoms with van der Waals surface area (Å²) >= 11 is 0. The molecule has 0 radical (unpaired) electrons. The van der Waals surface area contributed by atoms with Crippen molar-refractivity contribution in [2.75, 3.05) is 7.11 Å². The van der Waals surface area contributed by atoms with Crippen molar-refractivity contribution in [3.05, 3.63) is 89.8 Å². The van der Waals surface area contributed by atoms with Gasteiger partial charge < -0.3 is 9.15 Å². The van der Waals surface area contributed by atoms with E-state index in [4.69, 9.17) is 9.15 Å². The number of aromatic nitrogens is 2. The highest BCUT2D eigenvalue weighted by molar-refractivity contribution is 5.97. The molecule has 0 bridgehead atoms. The van der Waals surface area contributed by atoms with Gasteiger partial charge in [0.05, 0.1) is 24.6 Å². The number of hydrogen-bond donors (Lipinski definition) is 1. The Labute approximate surface area is 173 Å². The fourth-order valence-corrected chi connectivity index (χ4v) is 3.00. The first-order valence-electron chi connectivity index (χ1n) is 9.34. The molecule has 2 heterocycles. The monoisotopic (exact) mass is 400 g/mol. The summed E-state index contributed by atoms with van der Waals surface area (Å²) in [6.07, 6.45) is 3.38. The van der Waals surface area contributed by atoms with Crippen molar-refractivity contribution in [2.24, 2.45) is 5.10 Å². The standard InChI is InChI=1S/C23H20N4O3/c1-16-12-13-21(30-16)22-17(15-27(26-22)18-8-4-3-5-9-18)14-24-25-23(28)19-10-6-7-11-20(19)29-2/h3-15H,1-2H3,(H,25,28)/b24-14-. The van der Waals surface area contributed by atoms with Gasteiger partial charge in [0, 0.05) is 11.8 Å². The molecule has 0 saturated heterocycles. The van der Waals surface area contributed by atoms with Crippen molar-refractivity contribution in [3.8, 4) is 22.9 Å². The van der Waals surface area contributed by atoms with E-state index in [9.17, 15) is 4.79 Å². The van der Waals surface area contributed by atoms with Crippen LogP contribution in [0.3, 0.4) is 0 Å². The van der Waals surface area contributed by atoms with Crippen LogP contribution in [0.4, 0.5) is 0 Å². The van der Waals surface area contributed by atoms with Gasteiger partial charge >= 0.3 is 0 Å². The first-order chi connectivity index (χ1) is 14.7. The summed E-state index contributed by atoms with van der Waals surface area (Å²) < 4.78 is 12.7. The molecule has 4 rings (SSSR count). The maximum atomic E-state index is 12.5. The number of nitrogens with one attached hydrogen (secondary N) is 1. The number of rotatable bonds is 6. The SMILES string of the molecule is COc1ccccc1C(=O)N/N=C\c1cn(-c2ccccc2)nc1-c1ccc(C)o1. The Hall–Kier alpha value is -4.13. The van der Waals surface area contributed by atoms with Crippen LogP contribution in [0.1, 0.15) is 21.7 Å². The minimum atomic E-state index is -0.366. The number of aryl methyl sites for hydroxylation is 1. The fraction of sp³-hybridized carbons (Fsp3) is 0.0870. The number of hydrazone groups is 1. The average molecular weight is 400 g/mol. The highest BCUT2D eigenvalue weighted by atomic mass is 16.5. The summed E-state index contributed by atoms with van der Waals surface area (Å²) in [5.41, 5.74) is 5.17. The first kappa shape index (κ1) is 19.2. The van der Waals surface area contributed by atoms with Crippen molar-refractivity contribution in [3.63, 3.8) is 0 Å². The fourth-order valence-electron chi connectivity index (χ4n) is 3.00. The summed E-state index contributed by atoms with van der Waals surface area (Å²) in [5, 5.41) is 8.76. The lowest BCUT2D eigenvalue weighted by molar-refractivity contribution is 0.0952. The van der Waals surface area contributed by atoms with E-state index in [0.717, 1.165) is 11.4 Å². The number of benzene rings is 2. The molecule has 0 aliphatic rings. The predicted octanol–water partition coefficient (Wildman–Crippen LogP) is 4.21. The molecular formula is C23H20N4O3. The highest BCUT2D eigenvalue weighted by Gasteiger charge is 2.15. The average Bonchev–Trinajstić information content (AvgIpc) is 3.40. The van der Waals surface area contributed by atoms with Crippen molar-refractivity contribution >= 4 is 12.1 Å². The Morgan fingerprint density at radius 1 is 1.10 bits per heavy atom. The van der Waals surface area contributed by atoms with Gasteiger partial charge in [0.1, 0.15) is 17.2 Å². The third-order valence-electron chi connectivity index (χ3n) is 4.46. The number of amides is 1. The molecule has 30 heavy (non-hydrogen) atoms. The van der Waals surface area contributed by atoms with E-state index in [-0.39, 0.29) is 5.91 Å². The number of ether oxygens (including phenoxy) is 1. The van der Waals surface area contributed by atoms with Crippen LogP contribution in [-0.4, -0.2) is 29.0 Å². The van der Waals surface area contributed by atoms with Crippen LogP contribution < -0.4 is 10.2 Å². The van der Waals surface area contributed by atoms with Gasteiger partial charge in [-0.1, -0.05) is 30.3 Å². The van der Waals surface area contributed by atoms with Crippen LogP contribution in [0, 0.1) is 6.92 Å². The van der Waals surface area contributed by atoms with Gasteiger partial charge in [-0.2, -0.15) is 10.2 Å². The van der Waals surface area contributed by atoms with Crippen molar-refractivity contribution in [1.29, 1.82) is 0 Å². The summed E-state index contributed by atoms with van der Waals surface area (Å²) in [6.45, 7) is 1.87.